The molecule has 0 bridgehead atoms. The van der Waals surface area contributed by atoms with Gasteiger partial charge in [0.2, 0.25) is 0 Å². The number of fused-ring (bicyclic) bond motifs is 1. The predicted molar refractivity (Wildman–Crippen MR) is 62.5 cm³/mol. The molecule has 16 heavy (non-hydrogen) atoms. The molecule has 0 fully saturated rings. The lowest BCUT2D eigenvalue weighted by atomic mass is 10.00. The molecule has 0 saturated heterocycles. The number of rotatable bonds is 2. The molecule has 0 spiro atoms. The minimum atomic E-state index is -1.25. The zero-order valence-electron chi connectivity index (χ0n) is 9.07. The van der Waals surface area contributed by atoms with E-state index in [1.54, 1.807) is 18.2 Å². The van der Waals surface area contributed by atoms with E-state index in [2.05, 4.69) is 0 Å². The summed E-state index contributed by atoms with van der Waals surface area (Å²) in [6.45, 7) is 3.04. The number of aliphatic hydroxyl groups is 2. The van der Waals surface area contributed by atoms with Crippen molar-refractivity contribution in [3.8, 4) is 0 Å². The molecule has 2 rings (SSSR count). The van der Waals surface area contributed by atoms with Crippen LogP contribution in [0.1, 0.15) is 25.7 Å². The van der Waals surface area contributed by atoms with E-state index in [1.807, 2.05) is 6.07 Å². The van der Waals surface area contributed by atoms with Crippen molar-refractivity contribution in [2.75, 3.05) is 0 Å². The molecule has 2 N–H and O–H groups in total. The van der Waals surface area contributed by atoms with Gasteiger partial charge in [0.1, 0.15) is 11.9 Å². The summed E-state index contributed by atoms with van der Waals surface area (Å²) in [5, 5.41) is 20.9. The van der Waals surface area contributed by atoms with E-state index in [1.165, 1.54) is 13.8 Å². The second-order valence-electron chi connectivity index (χ2n) is 4.36. The third-order valence-electron chi connectivity index (χ3n) is 2.45. The Bertz CT molecular complexity index is 510. The highest BCUT2D eigenvalue weighted by molar-refractivity contribution is 6.34. The van der Waals surface area contributed by atoms with Gasteiger partial charge >= 0.3 is 0 Å². The molecule has 0 aliphatic heterocycles. The van der Waals surface area contributed by atoms with E-state index in [0.717, 1.165) is 5.39 Å². The van der Waals surface area contributed by atoms with Crippen molar-refractivity contribution >= 4 is 22.6 Å². The summed E-state index contributed by atoms with van der Waals surface area (Å²) in [6, 6.07) is 7.04. The van der Waals surface area contributed by atoms with Crippen LogP contribution in [0.5, 0.6) is 0 Å². The summed E-state index contributed by atoms with van der Waals surface area (Å²) < 4.78 is 5.45. The normalized spacial score (nSPS) is 14.3. The molecule has 86 valence electrons. The van der Waals surface area contributed by atoms with Gasteiger partial charge in [0.05, 0.1) is 10.6 Å². The molecule has 1 heterocycles. The predicted octanol–water partition coefficient (Wildman–Crippen LogP) is 2.89. The Balaban J connectivity index is 2.52. The summed E-state index contributed by atoms with van der Waals surface area (Å²) in [4.78, 5) is 0. The minimum Gasteiger partial charge on any atom is -0.457 e. The lowest BCUT2D eigenvalue weighted by Gasteiger charge is -2.22. The van der Waals surface area contributed by atoms with Crippen molar-refractivity contribution in [2.24, 2.45) is 0 Å². The number of hydrogen-bond acceptors (Lipinski definition) is 3. The van der Waals surface area contributed by atoms with Gasteiger partial charge in [-0.25, -0.2) is 0 Å². The van der Waals surface area contributed by atoms with Crippen molar-refractivity contribution in [1.82, 2.24) is 0 Å². The highest BCUT2D eigenvalue weighted by Gasteiger charge is 2.29. The third kappa shape index (κ3) is 1.94. The fourth-order valence-electron chi connectivity index (χ4n) is 1.53. The maximum atomic E-state index is 9.86. The average molecular weight is 241 g/mol. The first-order chi connectivity index (χ1) is 7.39. The molecule has 0 aliphatic rings. The van der Waals surface area contributed by atoms with Gasteiger partial charge in [-0.05, 0) is 26.0 Å². The van der Waals surface area contributed by atoms with Crippen LogP contribution in [0, 0.1) is 0 Å². The first kappa shape index (κ1) is 11.5. The molecule has 0 radical (unpaired) electrons. The van der Waals surface area contributed by atoms with Crippen LogP contribution in [0.3, 0.4) is 0 Å². The molecule has 2 aromatic rings. The Morgan fingerprint density at radius 1 is 1.38 bits per heavy atom. The molecule has 1 unspecified atom stereocenters. The van der Waals surface area contributed by atoms with Crippen molar-refractivity contribution in [2.45, 2.75) is 25.6 Å². The topological polar surface area (TPSA) is 53.6 Å². The first-order valence-electron chi connectivity index (χ1n) is 4.98. The van der Waals surface area contributed by atoms with Crippen molar-refractivity contribution in [1.29, 1.82) is 0 Å². The van der Waals surface area contributed by atoms with Crippen LogP contribution < -0.4 is 0 Å². The molecule has 0 aliphatic carbocycles. The number of benzene rings is 1. The molecule has 3 nitrogen and oxygen atoms in total. The quantitative estimate of drug-likeness (QED) is 0.849. The zero-order chi connectivity index (χ0) is 11.9. The maximum Gasteiger partial charge on any atom is 0.152 e. The minimum absolute atomic E-state index is 0.315. The highest BCUT2D eigenvalue weighted by Crippen LogP contribution is 2.33. The Morgan fingerprint density at radius 2 is 2.06 bits per heavy atom. The Hall–Kier alpha value is -1.03. The summed E-state index contributed by atoms with van der Waals surface area (Å²) in [7, 11) is 0. The molecule has 4 heteroatoms. The van der Waals surface area contributed by atoms with Gasteiger partial charge in [-0.2, -0.15) is 0 Å². The average Bonchev–Trinajstić information content (AvgIpc) is 2.60. The third-order valence-corrected chi connectivity index (χ3v) is 2.75. The molecule has 1 aromatic heterocycles. The molecular formula is C12H13ClO3. The molecule has 0 saturated carbocycles. The first-order valence-corrected chi connectivity index (χ1v) is 5.36. The maximum absolute atomic E-state index is 9.86. The van der Waals surface area contributed by atoms with E-state index in [0.29, 0.717) is 16.4 Å². The largest absolute Gasteiger partial charge is 0.457 e. The van der Waals surface area contributed by atoms with Gasteiger partial charge in [-0.1, -0.05) is 23.7 Å². The zero-order valence-corrected chi connectivity index (χ0v) is 9.82. The Morgan fingerprint density at radius 3 is 2.62 bits per heavy atom. The van der Waals surface area contributed by atoms with Crippen LogP contribution >= 0.6 is 11.6 Å². The monoisotopic (exact) mass is 240 g/mol. The van der Waals surface area contributed by atoms with Gasteiger partial charge < -0.3 is 14.6 Å². The van der Waals surface area contributed by atoms with Crippen molar-refractivity contribution in [3.05, 3.63) is 35.0 Å². The van der Waals surface area contributed by atoms with Crippen LogP contribution in [0.25, 0.3) is 11.0 Å². The second kappa shape index (κ2) is 3.77. The van der Waals surface area contributed by atoms with E-state index < -0.39 is 11.7 Å². The van der Waals surface area contributed by atoms with Gasteiger partial charge in [-0.3, -0.25) is 0 Å². The Labute approximate surface area is 98.3 Å². The number of furan rings is 1. The fraction of sp³-hybridized carbons (Fsp3) is 0.333. The Kier molecular flexibility index (Phi) is 2.70. The lowest BCUT2D eigenvalue weighted by Crippen LogP contribution is -2.28. The van der Waals surface area contributed by atoms with Crippen molar-refractivity contribution in [3.63, 3.8) is 0 Å². The number of aliphatic hydroxyl groups excluding tert-OH is 1. The smallest absolute Gasteiger partial charge is 0.152 e. The van der Waals surface area contributed by atoms with Crippen LogP contribution in [0.4, 0.5) is 0 Å². The van der Waals surface area contributed by atoms with Crippen LogP contribution in [-0.4, -0.2) is 15.8 Å². The summed E-state index contributed by atoms with van der Waals surface area (Å²) >= 11 is 5.95. The fourth-order valence-corrected chi connectivity index (χ4v) is 1.75. The lowest BCUT2D eigenvalue weighted by molar-refractivity contribution is -0.0588. The van der Waals surface area contributed by atoms with E-state index in [9.17, 15) is 10.2 Å². The number of para-hydroxylation sites is 1. The SMILES string of the molecule is CC(C)(O)C(O)c1cc2cccc(Cl)c2o1. The van der Waals surface area contributed by atoms with E-state index >= 15 is 0 Å². The van der Waals surface area contributed by atoms with E-state index in [4.69, 9.17) is 16.0 Å². The number of hydrogen-bond donors (Lipinski definition) is 2. The summed E-state index contributed by atoms with van der Waals surface area (Å²) in [5.74, 6) is 0.315. The van der Waals surface area contributed by atoms with Crippen LogP contribution in [0.2, 0.25) is 5.02 Å². The van der Waals surface area contributed by atoms with Crippen molar-refractivity contribution < 1.29 is 14.6 Å². The van der Waals surface area contributed by atoms with Gasteiger partial charge in [0.15, 0.2) is 5.58 Å². The van der Waals surface area contributed by atoms with Gasteiger partial charge in [0.25, 0.3) is 0 Å². The van der Waals surface area contributed by atoms with Crippen LogP contribution in [0.15, 0.2) is 28.7 Å². The summed E-state index contributed by atoms with van der Waals surface area (Å²) in [6.07, 6.45) is -1.07. The molecule has 1 aromatic carbocycles. The van der Waals surface area contributed by atoms with Gasteiger partial charge in [-0.15, -0.1) is 0 Å². The van der Waals surface area contributed by atoms with Gasteiger partial charge in [0, 0.05) is 5.39 Å². The molecular weight excluding hydrogens is 228 g/mol. The highest BCUT2D eigenvalue weighted by atomic mass is 35.5. The summed E-state index contributed by atoms with van der Waals surface area (Å²) in [5.41, 5.74) is -0.720. The van der Waals surface area contributed by atoms with Crippen LogP contribution in [-0.2, 0) is 0 Å². The standard InChI is InChI=1S/C12H13ClO3/c1-12(2,15)11(14)9-6-7-4-3-5-8(13)10(7)16-9/h3-6,11,14-15H,1-2H3. The second-order valence-corrected chi connectivity index (χ2v) is 4.77. The number of halogens is 1. The van der Waals surface area contributed by atoms with E-state index in [-0.39, 0.29) is 0 Å². The molecule has 0 amide bonds. The molecule has 1 atom stereocenters.